The highest BCUT2D eigenvalue weighted by atomic mass is 19.2. The number of hydrogen-bond donors (Lipinski definition) is 1. The van der Waals surface area contributed by atoms with Gasteiger partial charge in [0.15, 0.2) is 11.6 Å². The van der Waals surface area contributed by atoms with Crippen molar-refractivity contribution in [3.8, 4) is 0 Å². The Hall–Kier alpha value is -1.04. The van der Waals surface area contributed by atoms with Crippen molar-refractivity contribution in [2.75, 3.05) is 33.7 Å². The van der Waals surface area contributed by atoms with Gasteiger partial charge in [-0.1, -0.05) is 19.1 Å². The Kier molecular flexibility index (Phi) is 6.52. The standard InChI is InChI=1S/C15H25F2N3/c1-5-20(11(2)10-19(3)4)14(9-18)12-7-6-8-13(16)15(12)17/h6-8,11,14H,5,9-10,18H2,1-4H3. The molecule has 1 aromatic carbocycles. The first-order valence-electron chi connectivity index (χ1n) is 6.96. The number of likely N-dealkylation sites (N-methyl/N-ethyl adjacent to an activating group) is 2. The molecule has 0 aliphatic heterocycles. The molecule has 0 bridgehead atoms. The molecule has 2 unspecified atom stereocenters. The molecule has 0 saturated carbocycles. The van der Waals surface area contributed by atoms with E-state index in [1.165, 1.54) is 6.07 Å². The van der Waals surface area contributed by atoms with Gasteiger partial charge in [0.05, 0.1) is 6.04 Å². The molecule has 5 heteroatoms. The zero-order valence-electron chi connectivity index (χ0n) is 12.7. The van der Waals surface area contributed by atoms with Crippen LogP contribution < -0.4 is 5.73 Å². The van der Waals surface area contributed by atoms with E-state index < -0.39 is 11.6 Å². The summed E-state index contributed by atoms with van der Waals surface area (Å²) < 4.78 is 27.4. The van der Waals surface area contributed by atoms with Gasteiger partial charge in [-0.15, -0.1) is 0 Å². The van der Waals surface area contributed by atoms with Gasteiger partial charge in [0.25, 0.3) is 0 Å². The van der Waals surface area contributed by atoms with Crippen LogP contribution in [0.25, 0.3) is 0 Å². The van der Waals surface area contributed by atoms with Gasteiger partial charge in [0, 0.05) is 24.7 Å². The number of halogens is 2. The molecule has 0 radical (unpaired) electrons. The molecule has 0 saturated heterocycles. The van der Waals surface area contributed by atoms with Gasteiger partial charge in [-0.05, 0) is 33.6 Å². The summed E-state index contributed by atoms with van der Waals surface area (Å²) in [5.41, 5.74) is 6.16. The number of nitrogens with two attached hydrogens (primary N) is 1. The van der Waals surface area contributed by atoms with E-state index in [-0.39, 0.29) is 18.6 Å². The highest BCUT2D eigenvalue weighted by molar-refractivity contribution is 5.23. The van der Waals surface area contributed by atoms with Crippen molar-refractivity contribution in [2.45, 2.75) is 25.9 Å². The number of nitrogens with zero attached hydrogens (tertiary/aromatic N) is 2. The third-order valence-corrected chi connectivity index (χ3v) is 3.52. The summed E-state index contributed by atoms with van der Waals surface area (Å²) in [6.07, 6.45) is 0. The molecule has 114 valence electrons. The largest absolute Gasteiger partial charge is 0.329 e. The summed E-state index contributed by atoms with van der Waals surface area (Å²) in [6, 6.07) is 4.16. The Morgan fingerprint density at radius 3 is 2.40 bits per heavy atom. The van der Waals surface area contributed by atoms with E-state index in [2.05, 4.69) is 16.7 Å². The van der Waals surface area contributed by atoms with Gasteiger partial charge in [-0.3, -0.25) is 4.90 Å². The van der Waals surface area contributed by atoms with Gasteiger partial charge in [-0.25, -0.2) is 8.78 Å². The van der Waals surface area contributed by atoms with Gasteiger partial charge >= 0.3 is 0 Å². The third-order valence-electron chi connectivity index (χ3n) is 3.52. The molecule has 0 amide bonds. The molecule has 2 atom stereocenters. The first-order valence-corrected chi connectivity index (χ1v) is 6.96. The van der Waals surface area contributed by atoms with E-state index in [9.17, 15) is 8.78 Å². The van der Waals surface area contributed by atoms with Gasteiger partial charge < -0.3 is 10.6 Å². The zero-order chi connectivity index (χ0) is 15.3. The molecule has 0 spiro atoms. The van der Waals surface area contributed by atoms with Crippen LogP contribution in [0.4, 0.5) is 8.78 Å². The van der Waals surface area contributed by atoms with Crippen LogP contribution in [0.5, 0.6) is 0 Å². The second kappa shape index (κ2) is 7.67. The van der Waals surface area contributed by atoms with Crippen molar-refractivity contribution in [2.24, 2.45) is 5.73 Å². The Bertz CT molecular complexity index is 424. The van der Waals surface area contributed by atoms with E-state index in [1.54, 1.807) is 6.07 Å². The molecule has 3 nitrogen and oxygen atoms in total. The van der Waals surface area contributed by atoms with E-state index >= 15 is 0 Å². The smallest absolute Gasteiger partial charge is 0.163 e. The molecule has 1 aromatic rings. The fraction of sp³-hybridized carbons (Fsp3) is 0.600. The van der Waals surface area contributed by atoms with E-state index in [0.29, 0.717) is 5.56 Å². The lowest BCUT2D eigenvalue weighted by Gasteiger charge is -2.36. The molecule has 0 aromatic heterocycles. The molecule has 0 fully saturated rings. The average Bonchev–Trinajstić information content (AvgIpc) is 2.38. The number of benzene rings is 1. The predicted molar refractivity (Wildman–Crippen MR) is 78.5 cm³/mol. The first-order chi connectivity index (χ1) is 9.42. The molecule has 0 aliphatic rings. The van der Waals surface area contributed by atoms with Crippen LogP contribution >= 0.6 is 0 Å². The van der Waals surface area contributed by atoms with Gasteiger partial charge in [0.1, 0.15) is 0 Å². The van der Waals surface area contributed by atoms with Crippen molar-refractivity contribution >= 4 is 0 Å². The Morgan fingerprint density at radius 2 is 1.90 bits per heavy atom. The van der Waals surface area contributed by atoms with Crippen molar-refractivity contribution in [1.82, 2.24) is 9.80 Å². The quantitative estimate of drug-likeness (QED) is 0.834. The molecular weight excluding hydrogens is 260 g/mol. The van der Waals surface area contributed by atoms with Crippen molar-refractivity contribution in [3.63, 3.8) is 0 Å². The summed E-state index contributed by atoms with van der Waals surface area (Å²) in [4.78, 5) is 4.18. The lowest BCUT2D eigenvalue weighted by molar-refractivity contribution is 0.128. The topological polar surface area (TPSA) is 32.5 Å². The summed E-state index contributed by atoms with van der Waals surface area (Å²) in [5, 5.41) is 0. The maximum Gasteiger partial charge on any atom is 0.163 e. The summed E-state index contributed by atoms with van der Waals surface area (Å²) >= 11 is 0. The monoisotopic (exact) mass is 285 g/mol. The summed E-state index contributed by atoms with van der Waals surface area (Å²) in [6.45, 7) is 5.90. The Labute approximate surface area is 120 Å². The first kappa shape index (κ1) is 17.0. The Balaban J connectivity index is 3.05. The lowest BCUT2D eigenvalue weighted by Crippen LogP contribution is -2.44. The minimum Gasteiger partial charge on any atom is -0.329 e. The van der Waals surface area contributed by atoms with Crippen LogP contribution in [0.15, 0.2) is 18.2 Å². The van der Waals surface area contributed by atoms with Gasteiger partial charge in [0.2, 0.25) is 0 Å². The zero-order valence-corrected chi connectivity index (χ0v) is 12.7. The summed E-state index contributed by atoms with van der Waals surface area (Å²) in [7, 11) is 3.98. The van der Waals surface area contributed by atoms with Crippen LogP contribution in [0.2, 0.25) is 0 Å². The van der Waals surface area contributed by atoms with Crippen LogP contribution in [0, 0.1) is 11.6 Å². The SMILES string of the molecule is CCN(C(C)CN(C)C)C(CN)c1cccc(F)c1F. The summed E-state index contributed by atoms with van der Waals surface area (Å²) in [5.74, 6) is -1.62. The second-order valence-corrected chi connectivity index (χ2v) is 5.34. The predicted octanol–water partition coefficient (Wildman–Crippen LogP) is 2.24. The van der Waals surface area contributed by atoms with Crippen LogP contribution in [0.3, 0.4) is 0 Å². The van der Waals surface area contributed by atoms with Crippen molar-refractivity contribution in [3.05, 3.63) is 35.4 Å². The highest BCUT2D eigenvalue weighted by Gasteiger charge is 2.26. The lowest BCUT2D eigenvalue weighted by atomic mass is 10.0. The van der Waals surface area contributed by atoms with E-state index in [1.807, 2.05) is 21.0 Å². The fourth-order valence-electron chi connectivity index (χ4n) is 2.69. The molecular formula is C15H25F2N3. The Morgan fingerprint density at radius 1 is 1.25 bits per heavy atom. The number of hydrogen-bond acceptors (Lipinski definition) is 3. The van der Waals surface area contributed by atoms with Crippen LogP contribution in [-0.4, -0.2) is 49.6 Å². The molecule has 0 aliphatic carbocycles. The van der Waals surface area contributed by atoms with Crippen molar-refractivity contribution in [1.29, 1.82) is 0 Å². The van der Waals surface area contributed by atoms with E-state index in [0.717, 1.165) is 19.2 Å². The third kappa shape index (κ3) is 3.98. The fourth-order valence-corrected chi connectivity index (χ4v) is 2.69. The maximum absolute atomic E-state index is 14.0. The van der Waals surface area contributed by atoms with Crippen LogP contribution in [0.1, 0.15) is 25.5 Å². The maximum atomic E-state index is 14.0. The minimum absolute atomic E-state index is 0.200. The van der Waals surface area contributed by atoms with E-state index in [4.69, 9.17) is 5.73 Å². The van der Waals surface area contributed by atoms with Gasteiger partial charge in [-0.2, -0.15) is 0 Å². The normalized spacial score (nSPS) is 14.8. The minimum atomic E-state index is -0.822. The number of rotatable bonds is 7. The molecule has 20 heavy (non-hydrogen) atoms. The van der Waals surface area contributed by atoms with Crippen LogP contribution in [-0.2, 0) is 0 Å². The average molecular weight is 285 g/mol. The second-order valence-electron chi connectivity index (χ2n) is 5.34. The molecule has 0 heterocycles. The molecule has 2 N–H and O–H groups in total. The van der Waals surface area contributed by atoms with Crippen molar-refractivity contribution < 1.29 is 8.78 Å². The molecule has 1 rings (SSSR count). The highest BCUT2D eigenvalue weighted by Crippen LogP contribution is 2.25.